The molecule has 0 bridgehead atoms. The zero-order chi connectivity index (χ0) is 22.1. The lowest BCUT2D eigenvalue weighted by atomic mass is 9.61. The SMILES string of the molecule is COc1cc2c(cc1OC)C(C)(c1ccc(P(c3ccccc3)c3ccccc3)cc1)C2. The first-order chi connectivity index (χ1) is 15.6. The maximum Gasteiger partial charge on any atom is 0.161 e. The smallest absolute Gasteiger partial charge is 0.161 e. The molecule has 0 fully saturated rings. The van der Waals surface area contributed by atoms with Gasteiger partial charge in [0.05, 0.1) is 14.2 Å². The number of hydrogen-bond donors (Lipinski definition) is 0. The van der Waals surface area contributed by atoms with Gasteiger partial charge in [0.15, 0.2) is 11.5 Å². The highest BCUT2D eigenvalue weighted by molar-refractivity contribution is 7.79. The van der Waals surface area contributed by atoms with Crippen molar-refractivity contribution in [3.05, 3.63) is 114 Å². The Morgan fingerprint density at radius 2 is 1.16 bits per heavy atom. The lowest BCUT2D eigenvalue weighted by Gasteiger charge is -2.42. The van der Waals surface area contributed by atoms with Gasteiger partial charge in [0.1, 0.15) is 0 Å². The average Bonchev–Trinajstić information content (AvgIpc) is 2.85. The summed E-state index contributed by atoms with van der Waals surface area (Å²) < 4.78 is 11.0. The fourth-order valence-electron chi connectivity index (χ4n) is 4.79. The zero-order valence-electron chi connectivity index (χ0n) is 18.7. The quantitative estimate of drug-likeness (QED) is 0.379. The predicted octanol–water partition coefficient (Wildman–Crippen LogP) is 5.32. The molecule has 1 aliphatic rings. The van der Waals surface area contributed by atoms with Crippen molar-refractivity contribution < 1.29 is 9.47 Å². The Morgan fingerprint density at radius 3 is 1.69 bits per heavy atom. The third kappa shape index (κ3) is 3.49. The molecule has 4 aromatic carbocycles. The van der Waals surface area contributed by atoms with Crippen LogP contribution in [0.2, 0.25) is 0 Å². The van der Waals surface area contributed by atoms with Gasteiger partial charge in [-0.3, -0.25) is 0 Å². The van der Waals surface area contributed by atoms with Crippen LogP contribution in [0.5, 0.6) is 11.5 Å². The van der Waals surface area contributed by atoms with Crippen molar-refractivity contribution in [2.45, 2.75) is 18.8 Å². The van der Waals surface area contributed by atoms with Crippen molar-refractivity contribution in [1.29, 1.82) is 0 Å². The highest BCUT2D eigenvalue weighted by Gasteiger charge is 2.41. The summed E-state index contributed by atoms with van der Waals surface area (Å²) in [6, 6.07) is 35.2. The van der Waals surface area contributed by atoms with E-state index in [1.54, 1.807) is 14.2 Å². The second kappa shape index (κ2) is 8.45. The summed E-state index contributed by atoms with van der Waals surface area (Å²) in [6.07, 6.45) is 1.01. The maximum atomic E-state index is 5.56. The van der Waals surface area contributed by atoms with Crippen LogP contribution in [-0.4, -0.2) is 14.2 Å². The predicted molar refractivity (Wildman–Crippen MR) is 135 cm³/mol. The van der Waals surface area contributed by atoms with Gasteiger partial charge in [-0.1, -0.05) is 91.9 Å². The largest absolute Gasteiger partial charge is 0.493 e. The molecule has 0 aliphatic heterocycles. The van der Waals surface area contributed by atoms with Gasteiger partial charge in [0, 0.05) is 5.41 Å². The molecular formula is C29H27O2P. The summed E-state index contributed by atoms with van der Waals surface area (Å²) in [7, 11) is 2.81. The lowest BCUT2D eigenvalue weighted by Crippen LogP contribution is -2.37. The molecule has 160 valence electrons. The van der Waals surface area contributed by atoms with Crippen LogP contribution in [0, 0.1) is 0 Å². The highest BCUT2D eigenvalue weighted by atomic mass is 31.1. The zero-order valence-corrected chi connectivity index (χ0v) is 19.6. The summed E-state index contributed by atoms with van der Waals surface area (Å²) in [6.45, 7) is 2.33. The molecule has 0 aromatic heterocycles. The minimum absolute atomic E-state index is 0.00430. The first kappa shape index (κ1) is 20.8. The third-order valence-corrected chi connectivity index (χ3v) is 8.98. The van der Waals surface area contributed by atoms with Crippen LogP contribution >= 0.6 is 7.92 Å². The van der Waals surface area contributed by atoms with Crippen molar-refractivity contribution in [1.82, 2.24) is 0 Å². The summed E-state index contributed by atoms with van der Waals surface area (Å²) >= 11 is 0. The number of hydrogen-bond acceptors (Lipinski definition) is 2. The van der Waals surface area contributed by atoms with Gasteiger partial charge in [-0.05, 0) is 59.1 Å². The second-order valence-electron chi connectivity index (χ2n) is 8.43. The van der Waals surface area contributed by atoms with E-state index in [1.807, 2.05) is 0 Å². The molecule has 0 amide bonds. The fourth-order valence-corrected chi connectivity index (χ4v) is 7.07. The van der Waals surface area contributed by atoms with Crippen molar-refractivity contribution in [3.8, 4) is 11.5 Å². The molecule has 1 atom stereocenters. The Morgan fingerprint density at radius 1 is 0.656 bits per heavy atom. The monoisotopic (exact) mass is 438 g/mol. The Labute approximate surface area is 191 Å². The van der Waals surface area contributed by atoms with E-state index < -0.39 is 7.92 Å². The van der Waals surface area contributed by atoms with Gasteiger partial charge >= 0.3 is 0 Å². The third-order valence-electron chi connectivity index (χ3n) is 6.54. The van der Waals surface area contributed by atoms with Crippen molar-refractivity contribution >= 4 is 23.8 Å². The molecule has 0 N–H and O–H groups in total. The van der Waals surface area contributed by atoms with Crippen molar-refractivity contribution in [2.24, 2.45) is 0 Å². The van der Waals surface area contributed by atoms with Crippen LogP contribution in [0.3, 0.4) is 0 Å². The van der Waals surface area contributed by atoms with E-state index in [-0.39, 0.29) is 5.41 Å². The van der Waals surface area contributed by atoms with E-state index in [0.717, 1.165) is 17.9 Å². The molecule has 0 spiro atoms. The Hall–Kier alpha value is -3.09. The Bertz CT molecular complexity index is 1180. The highest BCUT2D eigenvalue weighted by Crippen LogP contribution is 2.49. The average molecular weight is 439 g/mol. The summed E-state index contributed by atoms with van der Waals surface area (Å²) in [5, 5.41) is 4.12. The summed E-state index contributed by atoms with van der Waals surface area (Å²) in [4.78, 5) is 0. The van der Waals surface area contributed by atoms with Gasteiger partial charge < -0.3 is 9.47 Å². The maximum absolute atomic E-state index is 5.56. The number of methoxy groups -OCH3 is 2. The standard InChI is InChI=1S/C29H27O2P/c1-29(20-21-18-27(30-2)28(31-3)19-26(21)29)22-14-16-25(17-15-22)32(23-10-6-4-7-11-23)24-12-8-5-9-13-24/h4-19H,20H2,1-3H3. The van der Waals surface area contributed by atoms with E-state index in [0.29, 0.717) is 0 Å². The lowest BCUT2D eigenvalue weighted by molar-refractivity contribution is 0.349. The van der Waals surface area contributed by atoms with Gasteiger partial charge in [0.2, 0.25) is 0 Å². The van der Waals surface area contributed by atoms with Gasteiger partial charge in [-0.2, -0.15) is 0 Å². The normalized spacial score (nSPS) is 16.9. The van der Waals surface area contributed by atoms with Crippen molar-refractivity contribution in [2.75, 3.05) is 14.2 Å². The van der Waals surface area contributed by atoms with Crippen LogP contribution in [0.25, 0.3) is 0 Å². The molecule has 32 heavy (non-hydrogen) atoms. The number of fused-ring (bicyclic) bond motifs is 1. The van der Waals surface area contributed by atoms with Gasteiger partial charge in [0.25, 0.3) is 0 Å². The molecule has 0 radical (unpaired) electrons. The van der Waals surface area contributed by atoms with Crippen LogP contribution in [0.15, 0.2) is 97.1 Å². The molecular weight excluding hydrogens is 411 g/mol. The van der Waals surface area contributed by atoms with E-state index in [9.17, 15) is 0 Å². The second-order valence-corrected chi connectivity index (χ2v) is 10.6. The molecule has 0 saturated heterocycles. The van der Waals surface area contributed by atoms with Gasteiger partial charge in [-0.25, -0.2) is 0 Å². The van der Waals surface area contributed by atoms with Crippen molar-refractivity contribution in [3.63, 3.8) is 0 Å². The first-order valence-corrected chi connectivity index (χ1v) is 12.2. The molecule has 0 saturated carbocycles. The van der Waals surface area contributed by atoms with E-state index >= 15 is 0 Å². The number of rotatable bonds is 6. The fraction of sp³-hybridized carbons (Fsp3) is 0.172. The number of benzene rings is 4. The first-order valence-electron chi connectivity index (χ1n) is 10.9. The topological polar surface area (TPSA) is 18.5 Å². The van der Waals surface area contributed by atoms with Crippen LogP contribution in [0.4, 0.5) is 0 Å². The Kier molecular flexibility index (Phi) is 5.49. The minimum Gasteiger partial charge on any atom is -0.493 e. The number of ether oxygens (including phenoxy) is 2. The van der Waals surface area contributed by atoms with E-state index in [4.69, 9.17) is 9.47 Å². The molecule has 3 heteroatoms. The van der Waals surface area contributed by atoms with E-state index in [2.05, 4.69) is 104 Å². The summed E-state index contributed by atoms with van der Waals surface area (Å²) in [5.41, 5.74) is 4.01. The van der Waals surface area contributed by atoms with Crippen LogP contribution < -0.4 is 25.4 Å². The minimum atomic E-state index is -0.584. The summed E-state index contributed by atoms with van der Waals surface area (Å²) in [5.74, 6) is 1.60. The van der Waals surface area contributed by atoms with E-state index in [1.165, 1.54) is 32.6 Å². The molecule has 5 rings (SSSR count). The molecule has 4 aromatic rings. The van der Waals surface area contributed by atoms with Crippen LogP contribution in [0.1, 0.15) is 23.6 Å². The van der Waals surface area contributed by atoms with Crippen LogP contribution in [-0.2, 0) is 11.8 Å². The molecule has 0 heterocycles. The van der Waals surface area contributed by atoms with Gasteiger partial charge in [-0.15, -0.1) is 0 Å². The molecule has 1 aliphatic carbocycles. The Balaban J connectivity index is 1.51. The molecule has 1 unspecified atom stereocenters. The molecule has 2 nitrogen and oxygen atoms in total.